The van der Waals surface area contributed by atoms with Crippen molar-refractivity contribution < 1.29 is 9.53 Å². The van der Waals surface area contributed by atoms with Crippen LogP contribution >= 0.6 is 0 Å². The molecule has 1 saturated carbocycles. The summed E-state index contributed by atoms with van der Waals surface area (Å²) in [5, 5.41) is 0. The second-order valence-corrected chi connectivity index (χ2v) is 5.37. The maximum Gasteiger partial charge on any atom is 0.173 e. The summed E-state index contributed by atoms with van der Waals surface area (Å²) in [6, 6.07) is 7.60. The molecule has 1 fully saturated rings. The third-order valence-electron chi connectivity index (χ3n) is 3.94. The van der Waals surface area contributed by atoms with Crippen molar-refractivity contribution in [3.05, 3.63) is 29.8 Å². The molecule has 3 atom stereocenters. The minimum atomic E-state index is -0.273. The molecule has 1 aromatic carbocycles. The second-order valence-electron chi connectivity index (χ2n) is 5.37. The van der Waals surface area contributed by atoms with Gasteiger partial charge in [0.15, 0.2) is 5.78 Å². The number of carbonyl (C=O) groups excluding carboxylic acids is 1. The predicted molar refractivity (Wildman–Crippen MR) is 61.7 cm³/mol. The molecule has 1 aliphatic heterocycles. The molecule has 1 aromatic rings. The Morgan fingerprint density at radius 1 is 1.38 bits per heavy atom. The van der Waals surface area contributed by atoms with Crippen molar-refractivity contribution in [3.63, 3.8) is 0 Å². The van der Waals surface area contributed by atoms with E-state index in [1.165, 1.54) is 0 Å². The molecule has 0 N–H and O–H groups in total. The van der Waals surface area contributed by atoms with Crippen LogP contribution in [0.4, 0.5) is 0 Å². The van der Waals surface area contributed by atoms with E-state index in [-0.39, 0.29) is 17.3 Å². The largest absolute Gasteiger partial charge is 0.486 e. The van der Waals surface area contributed by atoms with Crippen LogP contribution in [-0.4, -0.2) is 11.4 Å². The number of hydrogen-bond donors (Lipinski definition) is 0. The molecule has 0 amide bonds. The summed E-state index contributed by atoms with van der Waals surface area (Å²) in [4.78, 5) is 12.4. The van der Waals surface area contributed by atoms with E-state index in [1.807, 2.05) is 24.3 Å². The summed E-state index contributed by atoms with van der Waals surface area (Å²) >= 11 is 0. The van der Waals surface area contributed by atoms with Crippen molar-refractivity contribution in [1.29, 1.82) is 0 Å². The van der Waals surface area contributed by atoms with Crippen molar-refractivity contribution >= 4 is 5.78 Å². The normalized spacial score (nSPS) is 36.5. The van der Waals surface area contributed by atoms with Crippen LogP contribution in [0, 0.1) is 11.8 Å². The topological polar surface area (TPSA) is 26.3 Å². The fourth-order valence-corrected chi connectivity index (χ4v) is 3.26. The number of ether oxygens (including phenoxy) is 1. The van der Waals surface area contributed by atoms with E-state index >= 15 is 0 Å². The molecule has 2 heteroatoms. The van der Waals surface area contributed by atoms with Crippen LogP contribution in [0.15, 0.2) is 24.3 Å². The molecular weight excluding hydrogens is 200 g/mol. The van der Waals surface area contributed by atoms with Gasteiger partial charge < -0.3 is 4.74 Å². The van der Waals surface area contributed by atoms with Crippen LogP contribution in [0.2, 0.25) is 0 Å². The molecule has 1 aliphatic carbocycles. The Morgan fingerprint density at radius 3 is 2.94 bits per heavy atom. The van der Waals surface area contributed by atoms with Crippen LogP contribution in [-0.2, 0) is 0 Å². The highest BCUT2D eigenvalue weighted by Gasteiger charge is 2.51. The summed E-state index contributed by atoms with van der Waals surface area (Å²) in [6.07, 6.45) is 1.95. The first kappa shape index (κ1) is 9.88. The molecule has 0 spiro atoms. The van der Waals surface area contributed by atoms with Crippen LogP contribution < -0.4 is 4.74 Å². The van der Waals surface area contributed by atoms with Gasteiger partial charge in [0.1, 0.15) is 11.4 Å². The number of carbonyl (C=O) groups is 1. The maximum atomic E-state index is 12.4. The molecule has 0 unspecified atom stereocenters. The Morgan fingerprint density at radius 2 is 2.12 bits per heavy atom. The minimum absolute atomic E-state index is 0.0531. The van der Waals surface area contributed by atoms with Gasteiger partial charge in [0, 0.05) is 0 Å². The van der Waals surface area contributed by atoms with E-state index in [4.69, 9.17) is 4.74 Å². The highest BCUT2D eigenvalue weighted by Crippen LogP contribution is 2.48. The average Bonchev–Trinajstić information content (AvgIpc) is 2.53. The van der Waals surface area contributed by atoms with E-state index in [0.717, 1.165) is 24.2 Å². The van der Waals surface area contributed by atoms with Gasteiger partial charge in [-0.3, -0.25) is 4.79 Å². The number of Topliss-reactive ketones (excluding diaryl/α,β-unsaturated/α-hetero) is 1. The SMILES string of the molecule is C[C@@H]1C[C@H]2C(=O)c3ccccc3O[C@@]2(C)C1. The van der Waals surface area contributed by atoms with E-state index in [9.17, 15) is 4.79 Å². The maximum absolute atomic E-state index is 12.4. The smallest absolute Gasteiger partial charge is 0.173 e. The van der Waals surface area contributed by atoms with Gasteiger partial charge >= 0.3 is 0 Å². The highest BCUT2D eigenvalue weighted by atomic mass is 16.5. The number of ketones is 1. The van der Waals surface area contributed by atoms with Crippen molar-refractivity contribution in [2.75, 3.05) is 0 Å². The molecule has 0 radical (unpaired) electrons. The summed E-state index contributed by atoms with van der Waals surface area (Å²) in [5.41, 5.74) is 0.490. The fraction of sp³-hybridized carbons (Fsp3) is 0.500. The molecule has 2 aliphatic rings. The highest BCUT2D eigenvalue weighted by molar-refractivity contribution is 6.02. The zero-order chi connectivity index (χ0) is 11.3. The van der Waals surface area contributed by atoms with Gasteiger partial charge in [-0.2, -0.15) is 0 Å². The third-order valence-corrected chi connectivity index (χ3v) is 3.94. The quantitative estimate of drug-likeness (QED) is 0.666. The minimum Gasteiger partial charge on any atom is -0.486 e. The monoisotopic (exact) mass is 216 g/mol. The lowest BCUT2D eigenvalue weighted by molar-refractivity contribution is 0.0293. The number of hydrogen-bond acceptors (Lipinski definition) is 2. The third kappa shape index (κ3) is 1.22. The van der Waals surface area contributed by atoms with Crippen LogP contribution in [0.1, 0.15) is 37.0 Å². The van der Waals surface area contributed by atoms with Crippen LogP contribution in [0.5, 0.6) is 5.75 Å². The molecule has 1 heterocycles. The molecule has 16 heavy (non-hydrogen) atoms. The van der Waals surface area contributed by atoms with Gasteiger partial charge in [0.25, 0.3) is 0 Å². The Hall–Kier alpha value is -1.31. The first-order valence-corrected chi connectivity index (χ1v) is 5.92. The molecule has 0 bridgehead atoms. The molecular formula is C14H16O2. The van der Waals surface area contributed by atoms with Gasteiger partial charge in [-0.1, -0.05) is 19.1 Å². The Kier molecular flexibility index (Phi) is 1.91. The van der Waals surface area contributed by atoms with E-state index < -0.39 is 0 Å². The zero-order valence-corrected chi connectivity index (χ0v) is 9.69. The summed E-state index contributed by atoms with van der Waals surface area (Å²) in [5.74, 6) is 1.67. The number of rotatable bonds is 0. The summed E-state index contributed by atoms with van der Waals surface area (Å²) in [6.45, 7) is 4.28. The lowest BCUT2D eigenvalue weighted by Crippen LogP contribution is -2.44. The zero-order valence-electron chi connectivity index (χ0n) is 9.69. The van der Waals surface area contributed by atoms with E-state index in [2.05, 4.69) is 13.8 Å². The van der Waals surface area contributed by atoms with Gasteiger partial charge in [-0.25, -0.2) is 0 Å². The molecule has 84 valence electrons. The number of benzene rings is 1. The lowest BCUT2D eigenvalue weighted by Gasteiger charge is -2.36. The Balaban J connectivity index is 2.10. The Labute approximate surface area is 95.6 Å². The lowest BCUT2D eigenvalue weighted by atomic mass is 9.83. The molecule has 2 nitrogen and oxygen atoms in total. The summed E-state index contributed by atoms with van der Waals surface area (Å²) < 4.78 is 6.06. The van der Waals surface area contributed by atoms with Gasteiger partial charge in [0.05, 0.1) is 11.5 Å². The van der Waals surface area contributed by atoms with Crippen molar-refractivity contribution in [2.45, 2.75) is 32.3 Å². The first-order valence-electron chi connectivity index (χ1n) is 5.92. The predicted octanol–water partition coefficient (Wildman–Crippen LogP) is 3.07. The number of para-hydroxylation sites is 1. The van der Waals surface area contributed by atoms with E-state index in [1.54, 1.807) is 0 Å². The average molecular weight is 216 g/mol. The standard InChI is InChI=1S/C14H16O2/c1-9-7-11-13(15)10-5-3-4-6-12(10)16-14(11,2)8-9/h3-6,9,11H,7-8H2,1-2H3/t9-,11+,14+/m1/s1. The van der Waals surface area contributed by atoms with Crippen molar-refractivity contribution in [2.24, 2.45) is 11.8 Å². The van der Waals surface area contributed by atoms with E-state index in [0.29, 0.717) is 5.92 Å². The fourth-order valence-electron chi connectivity index (χ4n) is 3.26. The second kappa shape index (κ2) is 3.09. The summed E-state index contributed by atoms with van der Waals surface area (Å²) in [7, 11) is 0. The van der Waals surface area contributed by atoms with Crippen LogP contribution in [0.25, 0.3) is 0 Å². The van der Waals surface area contributed by atoms with Crippen LogP contribution in [0.3, 0.4) is 0 Å². The van der Waals surface area contributed by atoms with Gasteiger partial charge in [-0.05, 0) is 37.8 Å². The Bertz CT molecular complexity index is 452. The van der Waals surface area contributed by atoms with Gasteiger partial charge in [0.2, 0.25) is 0 Å². The van der Waals surface area contributed by atoms with Crippen molar-refractivity contribution in [1.82, 2.24) is 0 Å². The molecule has 3 rings (SSSR count). The molecule has 0 saturated heterocycles. The first-order chi connectivity index (χ1) is 7.60. The molecule has 0 aromatic heterocycles. The van der Waals surface area contributed by atoms with Crippen molar-refractivity contribution in [3.8, 4) is 5.75 Å². The number of fused-ring (bicyclic) bond motifs is 2. The van der Waals surface area contributed by atoms with Gasteiger partial charge in [-0.15, -0.1) is 0 Å².